The van der Waals surface area contributed by atoms with Crippen molar-refractivity contribution in [1.29, 1.82) is 0 Å². The van der Waals surface area contributed by atoms with Gasteiger partial charge in [0.25, 0.3) is 5.56 Å². The summed E-state index contributed by atoms with van der Waals surface area (Å²) in [4.78, 5) is 35.7. The van der Waals surface area contributed by atoms with E-state index in [1.54, 1.807) is 21.9 Å². The van der Waals surface area contributed by atoms with E-state index in [0.717, 1.165) is 56.2 Å². The summed E-state index contributed by atoms with van der Waals surface area (Å²) in [6.07, 6.45) is 7.95. The molecular formula is C35H43F2N5O2. The monoisotopic (exact) mass is 603 g/mol. The number of likely N-dealkylation sites (tertiary alicyclic amines) is 2. The third kappa shape index (κ3) is 6.29. The molecule has 44 heavy (non-hydrogen) atoms. The number of urea groups is 1. The summed E-state index contributed by atoms with van der Waals surface area (Å²) < 4.78 is 31.2. The van der Waals surface area contributed by atoms with E-state index in [9.17, 15) is 14.0 Å². The Morgan fingerprint density at radius 3 is 2.55 bits per heavy atom. The average Bonchev–Trinajstić information content (AvgIpc) is 3.48. The fourth-order valence-corrected chi connectivity index (χ4v) is 7.93. The molecular weight excluding hydrogens is 560 g/mol. The van der Waals surface area contributed by atoms with Gasteiger partial charge in [-0.15, -0.1) is 0 Å². The van der Waals surface area contributed by atoms with Crippen LogP contribution in [0, 0.1) is 23.0 Å². The van der Waals surface area contributed by atoms with E-state index < -0.39 is 17.7 Å². The van der Waals surface area contributed by atoms with Crippen molar-refractivity contribution in [2.45, 2.75) is 83.5 Å². The van der Waals surface area contributed by atoms with E-state index in [0.29, 0.717) is 38.3 Å². The van der Waals surface area contributed by atoms with Crippen molar-refractivity contribution in [3.8, 4) is 11.3 Å². The zero-order valence-corrected chi connectivity index (χ0v) is 25.7. The van der Waals surface area contributed by atoms with Crippen LogP contribution in [0.1, 0.15) is 70.4 Å². The Hall–Kier alpha value is -3.59. The van der Waals surface area contributed by atoms with Gasteiger partial charge in [-0.2, -0.15) is 0 Å². The molecule has 1 N–H and O–H groups in total. The molecule has 0 radical (unpaired) electrons. The molecule has 6 rings (SSSR count). The van der Waals surface area contributed by atoms with Crippen LogP contribution in [0.5, 0.6) is 0 Å². The Balaban J connectivity index is 1.21. The van der Waals surface area contributed by atoms with E-state index in [1.165, 1.54) is 6.07 Å². The zero-order valence-electron chi connectivity index (χ0n) is 25.7. The number of carbonyl (C=O) groups excluding carboxylic acids is 1. The molecule has 3 heterocycles. The standard InChI is InChI=1S/C35H43F2N5O2/c1-24(2)39-28-13-17-42(32(19-28)29-18-27(36)10-11-30(29)37)34(44)40-16-12-26(35(22-40)14-6-7-15-35)21-41-23-38-31(20-33(41)43)25-8-4-3-5-9-25/h3-5,8-11,18,20,23-24,26,28,32,39H,6-7,12-17,19,21-22H2,1-2H3/t26-,28+,32-/m0/s1. The summed E-state index contributed by atoms with van der Waals surface area (Å²) >= 11 is 0. The predicted octanol–water partition coefficient (Wildman–Crippen LogP) is 6.39. The summed E-state index contributed by atoms with van der Waals surface area (Å²) in [6.45, 7) is 6.38. The number of nitrogens with one attached hydrogen (secondary N) is 1. The molecule has 1 aliphatic carbocycles. The van der Waals surface area contributed by atoms with Crippen molar-refractivity contribution in [3.63, 3.8) is 0 Å². The van der Waals surface area contributed by atoms with E-state index >= 15 is 4.39 Å². The number of carbonyl (C=O) groups is 1. The minimum atomic E-state index is -0.548. The van der Waals surface area contributed by atoms with Crippen LogP contribution in [0.3, 0.4) is 0 Å². The number of hydrogen-bond acceptors (Lipinski definition) is 4. The van der Waals surface area contributed by atoms with Gasteiger partial charge in [0, 0.05) is 55.5 Å². The minimum absolute atomic E-state index is 0.0663. The lowest BCUT2D eigenvalue weighted by Gasteiger charge is -2.49. The molecule has 1 saturated carbocycles. The highest BCUT2D eigenvalue weighted by Crippen LogP contribution is 2.49. The van der Waals surface area contributed by atoms with Crippen molar-refractivity contribution in [2.24, 2.45) is 11.3 Å². The molecule has 234 valence electrons. The topological polar surface area (TPSA) is 70.5 Å². The number of piperidine rings is 2. The molecule has 1 aromatic heterocycles. The first-order chi connectivity index (χ1) is 21.2. The van der Waals surface area contributed by atoms with Gasteiger partial charge < -0.3 is 15.1 Å². The second-order valence-electron chi connectivity index (χ2n) is 13.3. The Morgan fingerprint density at radius 1 is 1.05 bits per heavy atom. The largest absolute Gasteiger partial charge is 0.324 e. The highest BCUT2D eigenvalue weighted by Gasteiger charge is 2.48. The first-order valence-corrected chi connectivity index (χ1v) is 16.1. The van der Waals surface area contributed by atoms with Crippen molar-refractivity contribution < 1.29 is 13.6 Å². The van der Waals surface area contributed by atoms with Crippen LogP contribution < -0.4 is 10.9 Å². The summed E-state index contributed by atoms with van der Waals surface area (Å²) in [7, 11) is 0. The maximum Gasteiger partial charge on any atom is 0.320 e. The second kappa shape index (κ2) is 12.8. The molecule has 2 aliphatic heterocycles. The lowest BCUT2D eigenvalue weighted by Crippen LogP contribution is -2.57. The van der Waals surface area contributed by atoms with Crippen LogP contribution in [0.2, 0.25) is 0 Å². The molecule has 1 spiro atoms. The lowest BCUT2D eigenvalue weighted by atomic mass is 9.69. The van der Waals surface area contributed by atoms with Crippen LogP contribution in [0.4, 0.5) is 13.6 Å². The summed E-state index contributed by atoms with van der Waals surface area (Å²) in [5.74, 6) is -0.740. The maximum atomic E-state index is 15.1. The Morgan fingerprint density at radius 2 is 1.82 bits per heavy atom. The molecule has 3 aromatic rings. The zero-order chi connectivity index (χ0) is 30.8. The highest BCUT2D eigenvalue weighted by atomic mass is 19.1. The van der Waals surface area contributed by atoms with Gasteiger partial charge in [-0.3, -0.25) is 9.36 Å². The summed E-state index contributed by atoms with van der Waals surface area (Å²) in [5.41, 5.74) is 1.67. The van der Waals surface area contributed by atoms with E-state index in [1.807, 2.05) is 35.2 Å². The molecule has 2 saturated heterocycles. The Bertz CT molecular complexity index is 1520. The average molecular weight is 604 g/mol. The SMILES string of the molecule is CC(C)N[C@@H]1CCN(C(=O)N2CC[C@@H](Cn3cnc(-c4ccccc4)cc3=O)C3(CCCC3)C2)[C@H](c2cc(F)ccc2F)C1. The van der Waals surface area contributed by atoms with Crippen molar-refractivity contribution >= 4 is 6.03 Å². The quantitative estimate of drug-likeness (QED) is 0.354. The Labute approximate surface area is 258 Å². The summed E-state index contributed by atoms with van der Waals surface area (Å²) in [6, 6.07) is 14.6. The van der Waals surface area contributed by atoms with Crippen molar-refractivity contribution in [1.82, 2.24) is 24.7 Å². The molecule has 9 heteroatoms. The maximum absolute atomic E-state index is 15.1. The molecule has 3 fully saturated rings. The van der Waals surface area contributed by atoms with Crippen LogP contribution in [-0.2, 0) is 6.54 Å². The number of nitrogens with zero attached hydrogens (tertiary/aromatic N) is 4. The normalized spacial score (nSPS) is 23.4. The number of aromatic nitrogens is 2. The number of halogens is 2. The molecule has 0 unspecified atom stereocenters. The van der Waals surface area contributed by atoms with Gasteiger partial charge in [-0.25, -0.2) is 18.6 Å². The fourth-order valence-electron chi connectivity index (χ4n) is 7.93. The molecule has 2 amide bonds. The predicted molar refractivity (Wildman–Crippen MR) is 167 cm³/mol. The lowest BCUT2D eigenvalue weighted by molar-refractivity contribution is 0.0202. The van der Waals surface area contributed by atoms with Crippen LogP contribution in [-0.4, -0.2) is 57.1 Å². The molecule has 0 bridgehead atoms. The third-order valence-electron chi connectivity index (χ3n) is 10.1. The number of hydrogen-bond donors (Lipinski definition) is 1. The molecule has 3 aliphatic rings. The molecule has 7 nitrogen and oxygen atoms in total. The molecule has 3 atom stereocenters. The van der Waals surface area contributed by atoms with Crippen molar-refractivity contribution in [3.05, 3.63) is 88.5 Å². The second-order valence-corrected chi connectivity index (χ2v) is 13.3. The van der Waals surface area contributed by atoms with Gasteiger partial charge in [-0.1, -0.05) is 57.0 Å². The van der Waals surface area contributed by atoms with Gasteiger partial charge in [0.1, 0.15) is 11.6 Å². The van der Waals surface area contributed by atoms with Crippen LogP contribution >= 0.6 is 0 Å². The van der Waals surface area contributed by atoms with Gasteiger partial charge in [-0.05, 0) is 61.6 Å². The van der Waals surface area contributed by atoms with E-state index in [-0.39, 0.29) is 40.6 Å². The van der Waals surface area contributed by atoms with Crippen molar-refractivity contribution in [2.75, 3.05) is 19.6 Å². The van der Waals surface area contributed by atoms with E-state index in [2.05, 4.69) is 24.1 Å². The fraction of sp³-hybridized carbons (Fsp3) is 0.514. The van der Waals surface area contributed by atoms with Gasteiger partial charge in [0.15, 0.2) is 0 Å². The first kappa shape index (κ1) is 30.4. The van der Waals surface area contributed by atoms with Gasteiger partial charge in [0.05, 0.1) is 18.1 Å². The third-order valence-corrected chi connectivity index (χ3v) is 10.1. The summed E-state index contributed by atoms with van der Waals surface area (Å²) in [5, 5.41) is 3.54. The van der Waals surface area contributed by atoms with Crippen LogP contribution in [0.15, 0.2) is 65.7 Å². The number of amides is 2. The number of rotatable bonds is 6. The first-order valence-electron chi connectivity index (χ1n) is 16.1. The highest BCUT2D eigenvalue weighted by molar-refractivity contribution is 5.75. The van der Waals surface area contributed by atoms with Crippen LogP contribution in [0.25, 0.3) is 11.3 Å². The smallest absolute Gasteiger partial charge is 0.320 e. The minimum Gasteiger partial charge on any atom is -0.324 e. The Kier molecular flexibility index (Phi) is 8.85. The van der Waals surface area contributed by atoms with Gasteiger partial charge in [0.2, 0.25) is 0 Å². The number of benzene rings is 2. The van der Waals surface area contributed by atoms with Gasteiger partial charge >= 0.3 is 6.03 Å². The van der Waals surface area contributed by atoms with E-state index in [4.69, 9.17) is 0 Å². The molecule has 2 aromatic carbocycles.